The number of aryl methyl sites for hydroxylation is 1. The van der Waals surface area contributed by atoms with Gasteiger partial charge in [0, 0.05) is 17.3 Å². The lowest BCUT2D eigenvalue weighted by Gasteiger charge is -2.24. The van der Waals surface area contributed by atoms with Crippen LogP contribution < -0.4 is 9.62 Å². The Bertz CT molecular complexity index is 1220. The predicted molar refractivity (Wildman–Crippen MR) is 120 cm³/mol. The molecule has 0 aromatic heterocycles. The Hall–Kier alpha value is -3.12. The van der Waals surface area contributed by atoms with E-state index in [0.29, 0.717) is 16.8 Å². The highest BCUT2D eigenvalue weighted by Crippen LogP contribution is 2.34. The lowest BCUT2D eigenvalue weighted by Crippen LogP contribution is -2.36. The lowest BCUT2D eigenvalue weighted by molar-refractivity contribution is 0.0981. The summed E-state index contributed by atoms with van der Waals surface area (Å²) in [4.78, 5) is 15.4. The number of amides is 1. The molecule has 0 radical (unpaired) electrons. The lowest BCUT2D eigenvalue weighted by atomic mass is 10.1. The smallest absolute Gasteiger partial charge is 0.261 e. The number of carbonyl (C=O) groups is 1. The Balaban J connectivity index is 1.67. The van der Waals surface area contributed by atoms with Crippen LogP contribution in [-0.2, 0) is 16.4 Å². The van der Waals surface area contributed by atoms with Gasteiger partial charge in [-0.25, -0.2) is 8.42 Å². The summed E-state index contributed by atoms with van der Waals surface area (Å²) in [6.07, 6.45) is 0.806. The van der Waals surface area contributed by atoms with Gasteiger partial charge in [-0.3, -0.25) is 9.52 Å². The largest absolute Gasteiger partial charge is 0.305 e. The number of rotatable bonds is 4. The fourth-order valence-electron chi connectivity index (χ4n) is 3.90. The molecule has 1 N–H and O–H groups in total. The van der Waals surface area contributed by atoms with Crippen molar-refractivity contribution in [2.45, 2.75) is 38.1 Å². The van der Waals surface area contributed by atoms with Crippen molar-refractivity contribution in [3.63, 3.8) is 0 Å². The molecule has 0 fully saturated rings. The molecule has 1 aliphatic heterocycles. The van der Waals surface area contributed by atoms with E-state index in [0.717, 1.165) is 23.2 Å². The van der Waals surface area contributed by atoms with Gasteiger partial charge in [0.1, 0.15) is 0 Å². The Labute approximate surface area is 177 Å². The average molecular weight is 421 g/mol. The first-order valence-electron chi connectivity index (χ1n) is 9.88. The quantitative estimate of drug-likeness (QED) is 0.666. The highest BCUT2D eigenvalue weighted by Gasteiger charge is 2.32. The molecule has 0 bridgehead atoms. The van der Waals surface area contributed by atoms with Crippen molar-refractivity contribution < 1.29 is 13.2 Å². The van der Waals surface area contributed by atoms with Gasteiger partial charge in [0.25, 0.3) is 15.9 Å². The number of nitrogens with zero attached hydrogens (tertiary/aromatic N) is 1. The summed E-state index contributed by atoms with van der Waals surface area (Å²) in [5.41, 5.74) is 4.55. The monoisotopic (exact) mass is 420 g/mol. The minimum absolute atomic E-state index is 0.0437. The molecule has 1 heterocycles. The van der Waals surface area contributed by atoms with Crippen molar-refractivity contribution in [2.24, 2.45) is 0 Å². The van der Waals surface area contributed by atoms with Crippen LogP contribution in [0.25, 0.3) is 0 Å². The first-order chi connectivity index (χ1) is 14.3. The number of benzene rings is 3. The number of fused-ring (bicyclic) bond motifs is 1. The number of para-hydroxylation sites is 1. The third-order valence-electron chi connectivity index (χ3n) is 5.57. The summed E-state index contributed by atoms with van der Waals surface area (Å²) in [5.74, 6) is -0.124. The second kappa shape index (κ2) is 7.61. The zero-order valence-corrected chi connectivity index (χ0v) is 18.0. The van der Waals surface area contributed by atoms with Crippen LogP contribution in [0.1, 0.15) is 34.0 Å². The molecular weight excluding hydrogens is 396 g/mol. The van der Waals surface area contributed by atoms with Gasteiger partial charge in [0.05, 0.1) is 10.6 Å². The van der Waals surface area contributed by atoms with E-state index in [4.69, 9.17) is 0 Å². The average Bonchev–Trinajstić information content (AvgIpc) is 3.05. The SMILES string of the molecule is Cc1ccc(S(=O)(=O)Nc2cccc(C(=O)N3c4ccccc4CC3C)c2C)cc1. The number of hydrogen-bond donors (Lipinski definition) is 1. The van der Waals surface area contributed by atoms with Crippen molar-refractivity contribution in [1.29, 1.82) is 0 Å². The van der Waals surface area contributed by atoms with Crippen LogP contribution in [0.2, 0.25) is 0 Å². The Morgan fingerprint density at radius 3 is 2.40 bits per heavy atom. The van der Waals surface area contributed by atoms with Crippen molar-refractivity contribution in [1.82, 2.24) is 0 Å². The van der Waals surface area contributed by atoms with Crippen molar-refractivity contribution in [3.05, 3.63) is 89.0 Å². The Kier molecular flexibility index (Phi) is 5.12. The minimum atomic E-state index is -3.75. The van der Waals surface area contributed by atoms with Crippen LogP contribution in [-0.4, -0.2) is 20.4 Å². The van der Waals surface area contributed by atoms with Gasteiger partial charge in [-0.05, 0) is 68.7 Å². The third kappa shape index (κ3) is 3.59. The van der Waals surface area contributed by atoms with Crippen LogP contribution in [0.4, 0.5) is 11.4 Å². The van der Waals surface area contributed by atoms with Crippen molar-refractivity contribution in [2.75, 3.05) is 9.62 Å². The molecule has 3 aromatic rings. The Morgan fingerprint density at radius 1 is 0.967 bits per heavy atom. The number of carbonyl (C=O) groups excluding carboxylic acids is 1. The normalized spacial score (nSPS) is 15.7. The molecule has 4 rings (SSSR count). The molecule has 1 amide bonds. The molecule has 6 heteroatoms. The molecule has 1 atom stereocenters. The van der Waals surface area contributed by atoms with E-state index in [1.807, 2.05) is 38.1 Å². The highest BCUT2D eigenvalue weighted by molar-refractivity contribution is 7.92. The van der Waals surface area contributed by atoms with Crippen molar-refractivity contribution in [3.8, 4) is 0 Å². The second-order valence-electron chi connectivity index (χ2n) is 7.75. The van der Waals surface area contributed by atoms with E-state index in [9.17, 15) is 13.2 Å². The summed E-state index contributed by atoms with van der Waals surface area (Å²) in [7, 11) is -3.75. The fraction of sp³-hybridized carbons (Fsp3) is 0.208. The van der Waals surface area contributed by atoms with E-state index in [1.165, 1.54) is 0 Å². The topological polar surface area (TPSA) is 66.5 Å². The van der Waals surface area contributed by atoms with Crippen LogP contribution in [0.15, 0.2) is 71.6 Å². The standard InChI is InChI=1S/C24H24N2O3S/c1-16-11-13-20(14-12-16)30(28,29)25-22-9-6-8-21(18(22)3)24(27)26-17(2)15-19-7-4-5-10-23(19)26/h4-14,17,25H,15H2,1-3H3. The molecule has 154 valence electrons. The van der Waals surface area contributed by atoms with E-state index < -0.39 is 10.0 Å². The van der Waals surface area contributed by atoms with Gasteiger partial charge in [-0.1, -0.05) is 42.0 Å². The van der Waals surface area contributed by atoms with Gasteiger partial charge in [-0.15, -0.1) is 0 Å². The molecule has 0 aliphatic carbocycles. The predicted octanol–water partition coefficient (Wildman–Crippen LogP) is 4.70. The van der Waals surface area contributed by atoms with Gasteiger partial charge >= 0.3 is 0 Å². The number of hydrogen-bond acceptors (Lipinski definition) is 3. The van der Waals surface area contributed by atoms with Gasteiger partial charge < -0.3 is 4.90 Å². The first-order valence-corrected chi connectivity index (χ1v) is 11.4. The van der Waals surface area contributed by atoms with E-state index in [2.05, 4.69) is 4.72 Å². The van der Waals surface area contributed by atoms with Crippen LogP contribution in [0.5, 0.6) is 0 Å². The zero-order chi connectivity index (χ0) is 21.5. The van der Waals surface area contributed by atoms with Crippen LogP contribution in [0, 0.1) is 13.8 Å². The molecule has 1 unspecified atom stereocenters. The second-order valence-corrected chi connectivity index (χ2v) is 9.44. The summed E-state index contributed by atoms with van der Waals surface area (Å²) >= 11 is 0. The van der Waals surface area contributed by atoms with Gasteiger partial charge in [0.2, 0.25) is 0 Å². The Morgan fingerprint density at radius 2 is 1.67 bits per heavy atom. The zero-order valence-electron chi connectivity index (χ0n) is 17.2. The van der Waals surface area contributed by atoms with Gasteiger partial charge in [-0.2, -0.15) is 0 Å². The minimum Gasteiger partial charge on any atom is -0.305 e. The van der Waals surface area contributed by atoms with Crippen LogP contribution >= 0.6 is 0 Å². The number of nitrogens with one attached hydrogen (secondary N) is 1. The maximum Gasteiger partial charge on any atom is 0.261 e. The molecule has 0 saturated carbocycles. The molecule has 3 aromatic carbocycles. The maximum absolute atomic E-state index is 13.4. The van der Waals surface area contributed by atoms with Crippen LogP contribution in [0.3, 0.4) is 0 Å². The molecule has 1 aliphatic rings. The van der Waals surface area contributed by atoms with Crippen molar-refractivity contribution >= 4 is 27.3 Å². The summed E-state index contributed by atoms with van der Waals surface area (Å²) in [5, 5.41) is 0. The molecule has 5 nitrogen and oxygen atoms in total. The molecule has 30 heavy (non-hydrogen) atoms. The fourth-order valence-corrected chi connectivity index (χ4v) is 5.03. The summed E-state index contributed by atoms with van der Waals surface area (Å²) < 4.78 is 28.3. The molecule has 0 saturated heterocycles. The van der Waals surface area contributed by atoms with E-state index in [-0.39, 0.29) is 16.8 Å². The highest BCUT2D eigenvalue weighted by atomic mass is 32.2. The van der Waals surface area contributed by atoms with Gasteiger partial charge in [0.15, 0.2) is 0 Å². The number of sulfonamides is 1. The van der Waals surface area contributed by atoms with E-state index in [1.54, 1.807) is 54.3 Å². The first kappa shape index (κ1) is 20.2. The third-order valence-corrected chi connectivity index (χ3v) is 6.95. The summed E-state index contributed by atoms with van der Waals surface area (Å²) in [6.45, 7) is 5.70. The molecule has 0 spiro atoms. The van der Waals surface area contributed by atoms with E-state index >= 15 is 0 Å². The number of anilines is 2. The maximum atomic E-state index is 13.4. The molecular formula is C24H24N2O3S. The summed E-state index contributed by atoms with van der Waals surface area (Å²) in [6, 6.07) is 19.7.